The zero-order chi connectivity index (χ0) is 15.2. The van der Waals surface area contributed by atoms with Crippen molar-refractivity contribution < 1.29 is 9.53 Å². The number of benzene rings is 2. The average molecular weight is 326 g/mol. The van der Waals surface area contributed by atoms with Crippen molar-refractivity contribution in [3.8, 4) is 5.75 Å². The van der Waals surface area contributed by atoms with Crippen LogP contribution in [0.15, 0.2) is 42.5 Å². The van der Waals surface area contributed by atoms with Crippen molar-refractivity contribution in [2.45, 2.75) is 0 Å². The van der Waals surface area contributed by atoms with Crippen molar-refractivity contribution in [3.63, 3.8) is 0 Å². The Labute approximate surface area is 132 Å². The van der Waals surface area contributed by atoms with E-state index in [1.807, 2.05) is 0 Å². The Morgan fingerprint density at radius 3 is 2.52 bits per heavy atom. The molecule has 7 heteroatoms. The van der Waals surface area contributed by atoms with Crippen molar-refractivity contribution in [2.75, 3.05) is 17.8 Å². The molecule has 5 nitrogen and oxygen atoms in total. The van der Waals surface area contributed by atoms with E-state index in [0.717, 1.165) is 0 Å². The molecule has 2 rings (SSSR count). The fourth-order valence-corrected chi connectivity index (χ4v) is 1.80. The zero-order valence-electron chi connectivity index (χ0n) is 10.9. The minimum atomic E-state index is -0.412. The summed E-state index contributed by atoms with van der Waals surface area (Å²) in [4.78, 5) is 11.7. The molecule has 110 valence electrons. The van der Waals surface area contributed by atoms with Gasteiger partial charge in [-0.1, -0.05) is 23.2 Å². The third-order valence-corrected chi connectivity index (χ3v) is 3.12. The van der Waals surface area contributed by atoms with Gasteiger partial charge < -0.3 is 21.1 Å². The van der Waals surface area contributed by atoms with Crippen LogP contribution in [0.25, 0.3) is 0 Å². The van der Waals surface area contributed by atoms with Crippen LogP contribution in [0.4, 0.5) is 16.2 Å². The number of carbonyl (C=O) groups is 1. The molecular formula is C14H13Cl2N3O2. The summed E-state index contributed by atoms with van der Waals surface area (Å²) in [5.41, 5.74) is 6.58. The van der Waals surface area contributed by atoms with Crippen LogP contribution >= 0.6 is 23.2 Å². The molecule has 0 spiro atoms. The molecule has 0 unspecified atom stereocenters. The lowest BCUT2D eigenvalue weighted by molar-refractivity contribution is 0.234. The minimum absolute atomic E-state index is 0.0240. The first-order valence-electron chi connectivity index (χ1n) is 6.03. The summed E-state index contributed by atoms with van der Waals surface area (Å²) in [6, 6.07) is 11.2. The highest BCUT2D eigenvalue weighted by Crippen LogP contribution is 2.22. The second-order valence-electron chi connectivity index (χ2n) is 4.11. The molecule has 2 aromatic rings. The summed E-state index contributed by atoms with van der Waals surface area (Å²) in [6.45, 7) is 0.0240. The van der Waals surface area contributed by atoms with E-state index in [-0.39, 0.29) is 6.73 Å². The lowest BCUT2D eigenvalue weighted by Crippen LogP contribution is -2.32. The first-order valence-corrected chi connectivity index (χ1v) is 6.78. The van der Waals surface area contributed by atoms with Crippen LogP contribution in [0.5, 0.6) is 5.75 Å². The predicted molar refractivity (Wildman–Crippen MR) is 85.0 cm³/mol. The monoisotopic (exact) mass is 325 g/mol. The molecule has 2 aromatic carbocycles. The maximum atomic E-state index is 11.7. The normalized spacial score (nSPS) is 10.0. The lowest BCUT2D eigenvalue weighted by Gasteiger charge is -2.10. The molecule has 0 bridgehead atoms. The summed E-state index contributed by atoms with van der Waals surface area (Å²) >= 11 is 11.6. The highest BCUT2D eigenvalue weighted by Gasteiger charge is 2.03. The number of nitrogens with one attached hydrogen (secondary N) is 2. The summed E-state index contributed by atoms with van der Waals surface area (Å²) < 4.78 is 5.34. The van der Waals surface area contributed by atoms with Gasteiger partial charge in [-0.2, -0.15) is 0 Å². The number of ether oxygens (including phenoxy) is 1. The van der Waals surface area contributed by atoms with Gasteiger partial charge in [0.25, 0.3) is 0 Å². The molecule has 0 heterocycles. The van der Waals surface area contributed by atoms with Gasteiger partial charge in [-0.05, 0) is 42.5 Å². The molecule has 0 aliphatic rings. The topological polar surface area (TPSA) is 76.4 Å². The Hall–Kier alpha value is -2.11. The van der Waals surface area contributed by atoms with E-state index >= 15 is 0 Å². The van der Waals surface area contributed by atoms with Crippen LogP contribution in [-0.2, 0) is 0 Å². The van der Waals surface area contributed by atoms with Crippen LogP contribution in [0.3, 0.4) is 0 Å². The summed E-state index contributed by atoms with van der Waals surface area (Å²) in [7, 11) is 0. The molecular weight excluding hydrogens is 313 g/mol. The summed E-state index contributed by atoms with van der Waals surface area (Å²) in [5, 5.41) is 6.16. The molecule has 21 heavy (non-hydrogen) atoms. The number of nitrogen functional groups attached to an aromatic ring is 1. The van der Waals surface area contributed by atoms with Crippen molar-refractivity contribution >= 4 is 40.6 Å². The number of halogens is 2. The van der Waals surface area contributed by atoms with Gasteiger partial charge in [-0.15, -0.1) is 0 Å². The molecule has 0 aliphatic carbocycles. The molecule has 0 radical (unpaired) electrons. The maximum Gasteiger partial charge on any atom is 0.321 e. The smallest absolute Gasteiger partial charge is 0.321 e. The largest absolute Gasteiger partial charge is 0.473 e. The molecule has 4 N–H and O–H groups in total. The van der Waals surface area contributed by atoms with Crippen LogP contribution < -0.4 is 21.1 Å². The quantitative estimate of drug-likeness (QED) is 0.592. The Balaban J connectivity index is 1.79. The maximum absolute atomic E-state index is 11.7. The van der Waals surface area contributed by atoms with Crippen LogP contribution in [0.2, 0.25) is 10.0 Å². The first-order chi connectivity index (χ1) is 10.0. The first kappa shape index (κ1) is 15.3. The molecule has 0 saturated carbocycles. The molecule has 0 atom stereocenters. The van der Waals surface area contributed by atoms with Gasteiger partial charge in [0, 0.05) is 10.7 Å². The predicted octanol–water partition coefficient (Wildman–Crippen LogP) is 3.73. The Bertz CT molecular complexity index is 633. The Kier molecular flexibility index (Phi) is 5.14. The fourth-order valence-electron chi connectivity index (χ4n) is 1.50. The number of anilines is 2. The van der Waals surface area contributed by atoms with E-state index in [1.165, 1.54) is 0 Å². The van der Waals surface area contributed by atoms with Crippen molar-refractivity contribution in [2.24, 2.45) is 0 Å². The number of nitrogens with two attached hydrogens (primary N) is 1. The molecule has 0 fully saturated rings. The van der Waals surface area contributed by atoms with Gasteiger partial charge in [0.05, 0.1) is 10.7 Å². The van der Waals surface area contributed by atoms with Gasteiger partial charge in [0.2, 0.25) is 0 Å². The van der Waals surface area contributed by atoms with Crippen molar-refractivity contribution in [1.29, 1.82) is 0 Å². The van der Waals surface area contributed by atoms with Gasteiger partial charge in [0.1, 0.15) is 5.75 Å². The average Bonchev–Trinajstić information content (AvgIpc) is 2.45. The second kappa shape index (κ2) is 7.06. The second-order valence-corrected chi connectivity index (χ2v) is 4.95. The number of carbonyl (C=O) groups excluding carboxylic acids is 1. The number of amides is 2. The third-order valence-electron chi connectivity index (χ3n) is 2.54. The van der Waals surface area contributed by atoms with Crippen LogP contribution in [0.1, 0.15) is 0 Å². The molecule has 2 amide bonds. The number of hydrogen-bond acceptors (Lipinski definition) is 3. The van der Waals surface area contributed by atoms with Crippen molar-refractivity contribution in [3.05, 3.63) is 52.5 Å². The minimum Gasteiger partial charge on any atom is -0.473 e. The van der Waals surface area contributed by atoms with E-state index in [4.69, 9.17) is 33.7 Å². The van der Waals surface area contributed by atoms with Crippen LogP contribution in [-0.4, -0.2) is 12.8 Å². The standard InChI is InChI=1S/C14H13Cl2N3O2/c15-9-1-4-11(5-2-9)21-8-18-14(20)19-10-3-6-13(17)12(16)7-10/h1-7H,8,17H2,(H2,18,19,20). The summed E-state index contributed by atoms with van der Waals surface area (Å²) in [6.07, 6.45) is 0. The number of rotatable bonds is 4. The highest BCUT2D eigenvalue weighted by molar-refractivity contribution is 6.33. The fraction of sp³-hybridized carbons (Fsp3) is 0.0714. The highest BCUT2D eigenvalue weighted by atomic mass is 35.5. The third kappa shape index (κ3) is 4.73. The molecule has 0 saturated heterocycles. The molecule has 0 aromatic heterocycles. The van der Waals surface area contributed by atoms with E-state index in [1.54, 1.807) is 42.5 Å². The van der Waals surface area contributed by atoms with Gasteiger partial charge >= 0.3 is 6.03 Å². The van der Waals surface area contributed by atoms with Gasteiger partial charge in [0.15, 0.2) is 6.73 Å². The van der Waals surface area contributed by atoms with Gasteiger partial charge in [-0.25, -0.2) is 4.79 Å². The number of urea groups is 1. The summed E-state index contributed by atoms with van der Waals surface area (Å²) in [5.74, 6) is 0.607. The number of hydrogen-bond donors (Lipinski definition) is 3. The van der Waals surface area contributed by atoms with E-state index in [0.29, 0.717) is 27.2 Å². The Morgan fingerprint density at radius 1 is 1.14 bits per heavy atom. The van der Waals surface area contributed by atoms with E-state index in [9.17, 15) is 4.79 Å². The SMILES string of the molecule is Nc1ccc(NC(=O)NCOc2ccc(Cl)cc2)cc1Cl. The van der Waals surface area contributed by atoms with Crippen molar-refractivity contribution in [1.82, 2.24) is 5.32 Å². The van der Waals surface area contributed by atoms with E-state index in [2.05, 4.69) is 10.6 Å². The molecule has 0 aliphatic heterocycles. The van der Waals surface area contributed by atoms with Gasteiger partial charge in [-0.3, -0.25) is 0 Å². The lowest BCUT2D eigenvalue weighted by atomic mass is 10.3. The van der Waals surface area contributed by atoms with Crippen LogP contribution in [0, 0.1) is 0 Å². The Morgan fingerprint density at radius 2 is 1.86 bits per heavy atom. The van der Waals surface area contributed by atoms with E-state index < -0.39 is 6.03 Å². The zero-order valence-corrected chi connectivity index (χ0v) is 12.4.